The molecular weight excluding hydrogens is 390 g/mol. The zero-order chi connectivity index (χ0) is 19.4. The summed E-state index contributed by atoms with van der Waals surface area (Å²) in [6.45, 7) is 1.79. The Hall–Kier alpha value is -2.70. The minimum absolute atomic E-state index is 0.0894. The first-order valence-electron chi connectivity index (χ1n) is 8.01. The Morgan fingerprint density at radius 3 is 2.70 bits per heavy atom. The molecule has 1 aromatic heterocycles. The van der Waals surface area contributed by atoms with Gasteiger partial charge in [-0.1, -0.05) is 41.4 Å². The van der Waals surface area contributed by atoms with Crippen molar-refractivity contribution in [1.29, 1.82) is 0 Å². The van der Waals surface area contributed by atoms with E-state index in [0.29, 0.717) is 27.0 Å². The number of carbonyl (C=O) groups is 1. The Labute approximate surface area is 165 Å². The van der Waals surface area contributed by atoms with Gasteiger partial charge in [-0.2, -0.15) is 10.2 Å². The van der Waals surface area contributed by atoms with Crippen LogP contribution in [0.15, 0.2) is 53.6 Å². The van der Waals surface area contributed by atoms with Gasteiger partial charge in [0, 0.05) is 5.02 Å². The molecule has 0 saturated carbocycles. The topological polar surface area (TPSA) is 59.3 Å². The van der Waals surface area contributed by atoms with E-state index in [1.54, 1.807) is 41.9 Å². The summed E-state index contributed by atoms with van der Waals surface area (Å²) in [5, 5.41) is 9.24. The van der Waals surface area contributed by atoms with Gasteiger partial charge in [-0.15, -0.1) is 0 Å². The normalized spacial score (nSPS) is 11.1. The molecule has 0 fully saturated rings. The van der Waals surface area contributed by atoms with Crippen molar-refractivity contribution in [2.75, 3.05) is 0 Å². The van der Waals surface area contributed by atoms with E-state index in [9.17, 15) is 9.18 Å². The van der Waals surface area contributed by atoms with E-state index in [4.69, 9.17) is 23.2 Å². The maximum absolute atomic E-state index is 12.9. The molecule has 0 spiro atoms. The maximum Gasteiger partial charge on any atom is 0.244 e. The van der Waals surface area contributed by atoms with Crippen LogP contribution >= 0.6 is 23.2 Å². The lowest BCUT2D eigenvalue weighted by atomic mass is 10.1. The van der Waals surface area contributed by atoms with Crippen molar-refractivity contribution in [1.82, 2.24) is 15.2 Å². The molecular formula is C19H15Cl2FN4O. The van der Waals surface area contributed by atoms with Crippen molar-refractivity contribution in [3.63, 3.8) is 0 Å². The number of rotatable bonds is 5. The van der Waals surface area contributed by atoms with Gasteiger partial charge in [-0.05, 0) is 42.8 Å². The summed E-state index contributed by atoms with van der Waals surface area (Å²) < 4.78 is 14.4. The monoisotopic (exact) mass is 404 g/mol. The van der Waals surface area contributed by atoms with Crippen LogP contribution < -0.4 is 5.43 Å². The average Bonchev–Trinajstić information content (AvgIpc) is 2.92. The lowest BCUT2D eigenvalue weighted by molar-refractivity contribution is -0.120. The number of nitrogens with zero attached hydrogens (tertiary/aromatic N) is 3. The minimum atomic E-state index is -0.348. The standard InChI is InChI=1S/C19H15Cl2FN4O/c1-12-17(19(21)26(25-12)16-4-2-3-14(20)10-16)11-23-24-18(27)9-13-5-7-15(22)8-6-13/h2-8,10-11H,9H2,1H3,(H,24,27)/b23-11-. The third-order valence-electron chi connectivity index (χ3n) is 3.76. The van der Waals surface area contributed by atoms with E-state index in [2.05, 4.69) is 15.6 Å². The predicted octanol–water partition coefficient (Wildman–Crippen LogP) is 4.32. The first kappa shape index (κ1) is 19.1. The highest BCUT2D eigenvalue weighted by molar-refractivity contribution is 6.32. The smallest absolute Gasteiger partial charge is 0.244 e. The van der Waals surface area contributed by atoms with Crippen LogP contribution in [0.4, 0.5) is 4.39 Å². The van der Waals surface area contributed by atoms with Crippen molar-refractivity contribution >= 4 is 35.3 Å². The molecule has 1 heterocycles. The predicted molar refractivity (Wildman–Crippen MR) is 104 cm³/mol. The Bertz CT molecular complexity index is 999. The van der Waals surface area contributed by atoms with Gasteiger partial charge < -0.3 is 0 Å². The summed E-state index contributed by atoms with van der Waals surface area (Å²) in [7, 11) is 0. The molecule has 0 unspecified atom stereocenters. The molecule has 0 radical (unpaired) electrons. The quantitative estimate of drug-likeness (QED) is 0.508. The van der Waals surface area contributed by atoms with Gasteiger partial charge in [0.2, 0.25) is 5.91 Å². The minimum Gasteiger partial charge on any atom is -0.273 e. The van der Waals surface area contributed by atoms with Crippen molar-refractivity contribution in [3.05, 3.63) is 81.3 Å². The Morgan fingerprint density at radius 2 is 2.00 bits per heavy atom. The molecule has 0 bridgehead atoms. The SMILES string of the molecule is Cc1nn(-c2cccc(Cl)c2)c(Cl)c1/C=N\NC(=O)Cc1ccc(F)cc1. The van der Waals surface area contributed by atoms with Crippen LogP contribution in [0.2, 0.25) is 10.2 Å². The van der Waals surface area contributed by atoms with Crippen LogP contribution in [0.25, 0.3) is 5.69 Å². The number of hydrogen-bond acceptors (Lipinski definition) is 3. The molecule has 2 aromatic carbocycles. The molecule has 1 amide bonds. The van der Waals surface area contributed by atoms with Crippen LogP contribution in [0.3, 0.4) is 0 Å². The third kappa shape index (κ3) is 4.72. The molecule has 1 N–H and O–H groups in total. The summed E-state index contributed by atoms with van der Waals surface area (Å²) in [6.07, 6.45) is 1.53. The molecule has 8 heteroatoms. The fourth-order valence-electron chi connectivity index (χ4n) is 2.43. The van der Waals surface area contributed by atoms with E-state index in [1.807, 2.05) is 6.07 Å². The van der Waals surface area contributed by atoms with Crippen LogP contribution in [-0.4, -0.2) is 21.9 Å². The Balaban J connectivity index is 1.70. The van der Waals surface area contributed by atoms with Gasteiger partial charge in [-0.25, -0.2) is 14.5 Å². The number of carbonyl (C=O) groups excluding carboxylic acids is 1. The second kappa shape index (κ2) is 8.33. The number of nitrogens with one attached hydrogen (secondary N) is 1. The summed E-state index contributed by atoms with van der Waals surface area (Å²) in [4.78, 5) is 11.9. The molecule has 0 saturated heterocycles. The van der Waals surface area contributed by atoms with Crippen molar-refractivity contribution in [3.8, 4) is 5.69 Å². The van der Waals surface area contributed by atoms with E-state index in [0.717, 1.165) is 5.69 Å². The number of halogens is 3. The largest absolute Gasteiger partial charge is 0.273 e. The van der Waals surface area contributed by atoms with E-state index in [1.165, 1.54) is 18.3 Å². The van der Waals surface area contributed by atoms with E-state index >= 15 is 0 Å². The molecule has 0 aliphatic rings. The highest BCUT2D eigenvalue weighted by Gasteiger charge is 2.13. The fourth-order valence-corrected chi connectivity index (χ4v) is 2.94. The highest BCUT2D eigenvalue weighted by atomic mass is 35.5. The molecule has 5 nitrogen and oxygen atoms in total. The first-order valence-corrected chi connectivity index (χ1v) is 8.77. The molecule has 3 aromatic rings. The molecule has 27 heavy (non-hydrogen) atoms. The second-order valence-corrected chi connectivity index (χ2v) is 6.57. The van der Waals surface area contributed by atoms with Crippen LogP contribution in [-0.2, 0) is 11.2 Å². The van der Waals surface area contributed by atoms with Gasteiger partial charge in [0.25, 0.3) is 0 Å². The lowest BCUT2D eigenvalue weighted by Crippen LogP contribution is -2.19. The van der Waals surface area contributed by atoms with E-state index in [-0.39, 0.29) is 18.1 Å². The van der Waals surface area contributed by atoms with Crippen LogP contribution in [0.1, 0.15) is 16.8 Å². The average molecular weight is 405 g/mol. The molecule has 138 valence electrons. The van der Waals surface area contributed by atoms with E-state index < -0.39 is 0 Å². The first-order chi connectivity index (χ1) is 12.9. The Kier molecular flexibility index (Phi) is 5.88. The van der Waals surface area contributed by atoms with Gasteiger partial charge in [0.05, 0.1) is 29.6 Å². The summed E-state index contributed by atoms with van der Waals surface area (Å²) in [5.41, 5.74) is 5.06. The summed E-state index contributed by atoms with van der Waals surface area (Å²) in [5.74, 6) is -0.673. The fraction of sp³-hybridized carbons (Fsp3) is 0.105. The molecule has 3 rings (SSSR count). The zero-order valence-electron chi connectivity index (χ0n) is 14.3. The summed E-state index contributed by atoms with van der Waals surface area (Å²) >= 11 is 12.4. The number of aromatic nitrogens is 2. The second-order valence-electron chi connectivity index (χ2n) is 5.78. The van der Waals surface area contributed by atoms with Crippen LogP contribution in [0, 0.1) is 12.7 Å². The molecule has 0 aliphatic heterocycles. The number of aryl methyl sites for hydroxylation is 1. The van der Waals surface area contributed by atoms with Gasteiger partial charge >= 0.3 is 0 Å². The number of hydrazone groups is 1. The zero-order valence-corrected chi connectivity index (χ0v) is 15.8. The van der Waals surface area contributed by atoms with Gasteiger partial charge in [-0.3, -0.25) is 4.79 Å². The van der Waals surface area contributed by atoms with Crippen molar-refractivity contribution in [2.24, 2.45) is 5.10 Å². The Morgan fingerprint density at radius 1 is 1.26 bits per heavy atom. The maximum atomic E-state index is 12.9. The van der Waals surface area contributed by atoms with Crippen molar-refractivity contribution in [2.45, 2.75) is 13.3 Å². The molecule has 0 aliphatic carbocycles. The third-order valence-corrected chi connectivity index (χ3v) is 4.36. The van der Waals surface area contributed by atoms with Gasteiger partial charge in [0.15, 0.2) is 0 Å². The van der Waals surface area contributed by atoms with Crippen molar-refractivity contribution < 1.29 is 9.18 Å². The van der Waals surface area contributed by atoms with Gasteiger partial charge in [0.1, 0.15) is 11.0 Å². The number of amides is 1. The van der Waals surface area contributed by atoms with Crippen LogP contribution in [0.5, 0.6) is 0 Å². The molecule has 0 atom stereocenters. The number of hydrogen-bond donors (Lipinski definition) is 1. The lowest BCUT2D eigenvalue weighted by Gasteiger charge is -2.03. The number of benzene rings is 2. The highest BCUT2D eigenvalue weighted by Crippen LogP contribution is 2.23. The summed E-state index contributed by atoms with van der Waals surface area (Å²) in [6, 6.07) is 12.8.